The van der Waals surface area contributed by atoms with E-state index < -0.39 is 0 Å². The number of hydrogen-bond donors (Lipinski definition) is 0. The lowest BCUT2D eigenvalue weighted by atomic mass is 9.80. The number of benzene rings is 6. The number of rotatable bonds is 5. The van der Waals surface area contributed by atoms with Gasteiger partial charge in [0.2, 0.25) is 0 Å². The summed E-state index contributed by atoms with van der Waals surface area (Å²) >= 11 is 0. The second kappa shape index (κ2) is 10.7. The third kappa shape index (κ3) is 4.40. The molecule has 0 amide bonds. The molecule has 0 aliphatic heterocycles. The van der Waals surface area contributed by atoms with E-state index in [0.717, 1.165) is 6.42 Å². The molecule has 47 heavy (non-hydrogen) atoms. The third-order valence-electron chi connectivity index (χ3n) is 10.3. The fraction of sp³-hybridized carbons (Fsp3) is 0.111. The molecule has 6 aromatic carbocycles. The normalized spacial score (nSPS) is 16.4. The van der Waals surface area contributed by atoms with Gasteiger partial charge in [-0.15, -0.1) is 0 Å². The molecule has 0 N–H and O–H groups in total. The highest BCUT2D eigenvalue weighted by molar-refractivity contribution is 6.10. The SMILES string of the molecule is CC1(C)C2=CCC(N(c3cccc(-c4ccccc4)c3)c3ccc4c5ccccc5n(-c5ccccc5)c4c3)C=C2c2ccccc21. The van der Waals surface area contributed by atoms with Crippen molar-refractivity contribution >= 4 is 38.8 Å². The minimum atomic E-state index is 0.000976. The summed E-state index contributed by atoms with van der Waals surface area (Å²) in [5.41, 5.74) is 14.1. The van der Waals surface area contributed by atoms with Gasteiger partial charge in [-0.1, -0.05) is 135 Å². The van der Waals surface area contributed by atoms with Crippen LogP contribution >= 0.6 is 0 Å². The maximum absolute atomic E-state index is 2.56. The fourth-order valence-electron chi connectivity index (χ4n) is 8.08. The van der Waals surface area contributed by atoms with Gasteiger partial charge >= 0.3 is 0 Å². The van der Waals surface area contributed by atoms with E-state index in [1.54, 1.807) is 0 Å². The van der Waals surface area contributed by atoms with E-state index in [9.17, 15) is 0 Å². The summed E-state index contributed by atoms with van der Waals surface area (Å²) in [6.45, 7) is 4.74. The third-order valence-corrected chi connectivity index (χ3v) is 10.3. The van der Waals surface area contributed by atoms with Crippen LogP contribution < -0.4 is 4.90 Å². The molecular formula is C45H36N2. The topological polar surface area (TPSA) is 8.17 Å². The summed E-state index contributed by atoms with van der Waals surface area (Å²) in [4.78, 5) is 2.56. The van der Waals surface area contributed by atoms with Crippen LogP contribution in [0.15, 0.2) is 169 Å². The first-order valence-electron chi connectivity index (χ1n) is 16.6. The van der Waals surface area contributed by atoms with E-state index >= 15 is 0 Å². The summed E-state index contributed by atoms with van der Waals surface area (Å²) in [5, 5.41) is 2.54. The Morgan fingerprint density at radius 1 is 0.596 bits per heavy atom. The van der Waals surface area contributed by atoms with Crippen LogP contribution in [0.5, 0.6) is 0 Å². The van der Waals surface area contributed by atoms with Gasteiger partial charge in [0, 0.05) is 33.2 Å². The molecule has 0 saturated carbocycles. The molecule has 0 fully saturated rings. The molecule has 226 valence electrons. The van der Waals surface area contributed by atoms with Crippen molar-refractivity contribution in [3.63, 3.8) is 0 Å². The molecule has 1 heterocycles. The first-order valence-corrected chi connectivity index (χ1v) is 16.6. The van der Waals surface area contributed by atoms with Crippen LogP contribution in [0.25, 0.3) is 44.2 Å². The minimum absolute atomic E-state index is 0.000976. The maximum atomic E-state index is 2.56. The molecular weight excluding hydrogens is 569 g/mol. The Hall–Kier alpha value is -5.60. The Balaban J connectivity index is 1.26. The van der Waals surface area contributed by atoms with Crippen molar-refractivity contribution in [2.75, 3.05) is 4.90 Å². The van der Waals surface area contributed by atoms with Crippen molar-refractivity contribution in [3.05, 3.63) is 181 Å². The Bertz CT molecular complexity index is 2350. The van der Waals surface area contributed by atoms with Crippen molar-refractivity contribution in [2.24, 2.45) is 0 Å². The number of fused-ring (bicyclic) bond motifs is 6. The molecule has 1 aromatic heterocycles. The van der Waals surface area contributed by atoms with Crippen LogP contribution in [0.2, 0.25) is 0 Å². The number of anilines is 2. The largest absolute Gasteiger partial charge is 0.334 e. The molecule has 0 bridgehead atoms. The predicted molar refractivity (Wildman–Crippen MR) is 199 cm³/mol. The van der Waals surface area contributed by atoms with Gasteiger partial charge in [0.25, 0.3) is 0 Å². The van der Waals surface area contributed by atoms with Crippen LogP contribution in [-0.4, -0.2) is 10.6 Å². The van der Waals surface area contributed by atoms with Crippen LogP contribution in [0.4, 0.5) is 11.4 Å². The molecule has 0 spiro atoms. The molecule has 1 atom stereocenters. The number of para-hydroxylation sites is 2. The summed E-state index contributed by atoms with van der Waals surface area (Å²) < 4.78 is 2.42. The van der Waals surface area contributed by atoms with Crippen molar-refractivity contribution < 1.29 is 0 Å². The molecule has 1 unspecified atom stereocenters. The Morgan fingerprint density at radius 3 is 2.13 bits per heavy atom. The van der Waals surface area contributed by atoms with Gasteiger partial charge in [-0.25, -0.2) is 0 Å². The second-order valence-corrected chi connectivity index (χ2v) is 13.3. The van der Waals surface area contributed by atoms with E-state index in [-0.39, 0.29) is 11.5 Å². The van der Waals surface area contributed by atoms with Gasteiger partial charge < -0.3 is 9.47 Å². The van der Waals surface area contributed by atoms with E-state index in [1.165, 1.54) is 72.3 Å². The number of nitrogens with zero attached hydrogens (tertiary/aromatic N) is 2. The van der Waals surface area contributed by atoms with E-state index in [1.807, 2.05) is 0 Å². The molecule has 0 saturated heterocycles. The monoisotopic (exact) mass is 604 g/mol. The quantitative estimate of drug-likeness (QED) is 0.190. The van der Waals surface area contributed by atoms with Crippen molar-refractivity contribution in [3.8, 4) is 16.8 Å². The number of aromatic nitrogens is 1. The highest BCUT2D eigenvalue weighted by atomic mass is 15.2. The first-order chi connectivity index (χ1) is 23.1. The lowest BCUT2D eigenvalue weighted by Gasteiger charge is -2.35. The average Bonchev–Trinajstić information content (AvgIpc) is 3.57. The van der Waals surface area contributed by atoms with Crippen molar-refractivity contribution in [1.82, 2.24) is 4.57 Å². The Labute approximate surface area is 276 Å². The molecule has 2 aliphatic carbocycles. The fourth-order valence-corrected chi connectivity index (χ4v) is 8.08. The van der Waals surface area contributed by atoms with Crippen LogP contribution in [0.3, 0.4) is 0 Å². The van der Waals surface area contributed by atoms with Gasteiger partial charge in [-0.3, -0.25) is 0 Å². The predicted octanol–water partition coefficient (Wildman–Crippen LogP) is 11.7. The van der Waals surface area contributed by atoms with Crippen molar-refractivity contribution in [2.45, 2.75) is 31.7 Å². The van der Waals surface area contributed by atoms with Crippen LogP contribution in [-0.2, 0) is 5.41 Å². The lowest BCUT2D eigenvalue weighted by molar-refractivity contribution is 0.648. The highest BCUT2D eigenvalue weighted by Gasteiger charge is 2.40. The summed E-state index contributed by atoms with van der Waals surface area (Å²) in [5.74, 6) is 0. The van der Waals surface area contributed by atoms with Gasteiger partial charge in [0.1, 0.15) is 0 Å². The standard InChI is InChI=1S/C45H36N2/c1-45(2)41-22-11-9-20-37(41)40-29-35(25-27-42(40)45)46(34-19-13-16-32(28-34)31-14-5-3-6-15-31)36-24-26-39-38-21-10-12-23-43(38)47(44(39)30-36)33-17-7-4-8-18-33/h3-24,26-30,35H,25H2,1-2H3. The molecule has 7 aromatic rings. The van der Waals surface area contributed by atoms with Gasteiger partial charge in [0.05, 0.1) is 17.1 Å². The molecule has 9 rings (SSSR count). The van der Waals surface area contributed by atoms with Gasteiger partial charge in [0.15, 0.2) is 0 Å². The summed E-state index contributed by atoms with van der Waals surface area (Å²) in [6.07, 6.45) is 5.98. The smallest absolute Gasteiger partial charge is 0.0566 e. The van der Waals surface area contributed by atoms with E-state index in [2.05, 4.69) is 187 Å². The zero-order valence-electron chi connectivity index (χ0n) is 26.8. The van der Waals surface area contributed by atoms with Crippen molar-refractivity contribution in [1.29, 1.82) is 0 Å². The molecule has 0 radical (unpaired) electrons. The number of hydrogen-bond acceptors (Lipinski definition) is 1. The van der Waals surface area contributed by atoms with E-state index in [4.69, 9.17) is 0 Å². The molecule has 2 heteroatoms. The maximum Gasteiger partial charge on any atom is 0.0566 e. The lowest BCUT2D eigenvalue weighted by Crippen LogP contribution is -2.31. The summed E-state index contributed by atoms with van der Waals surface area (Å²) in [7, 11) is 0. The molecule has 2 nitrogen and oxygen atoms in total. The minimum Gasteiger partial charge on any atom is -0.334 e. The van der Waals surface area contributed by atoms with E-state index in [0.29, 0.717) is 0 Å². The highest BCUT2D eigenvalue weighted by Crippen LogP contribution is 2.52. The van der Waals surface area contributed by atoms with Crippen LogP contribution in [0.1, 0.15) is 31.4 Å². The first kappa shape index (κ1) is 27.7. The van der Waals surface area contributed by atoms with Gasteiger partial charge in [-0.2, -0.15) is 0 Å². The number of allylic oxidation sites excluding steroid dienone is 2. The zero-order chi connectivity index (χ0) is 31.5. The Kier molecular flexibility index (Phi) is 6.33. The summed E-state index contributed by atoms with van der Waals surface area (Å²) in [6, 6.07) is 55.5. The average molecular weight is 605 g/mol. The zero-order valence-corrected chi connectivity index (χ0v) is 26.8. The Morgan fingerprint density at radius 2 is 1.28 bits per heavy atom. The second-order valence-electron chi connectivity index (χ2n) is 13.3. The van der Waals surface area contributed by atoms with Gasteiger partial charge in [-0.05, 0) is 82.3 Å². The molecule has 2 aliphatic rings. The van der Waals surface area contributed by atoms with Crippen LogP contribution in [0, 0.1) is 0 Å².